The van der Waals surface area contributed by atoms with Crippen LogP contribution in [0, 0.1) is 5.82 Å². The standard InChI is InChI=1S/C14H12ClFN2O/c15-10-5-3-7-12(17)13(10)14(19)18-8-9-4-1-2-6-11(9)16/h1-7H,8,17H2,(H,18,19). The molecule has 0 aliphatic rings. The minimum Gasteiger partial charge on any atom is -0.398 e. The number of rotatable bonds is 3. The number of anilines is 1. The number of nitrogens with one attached hydrogen (secondary N) is 1. The molecular formula is C14H12ClFN2O. The second kappa shape index (κ2) is 5.71. The van der Waals surface area contributed by atoms with E-state index in [2.05, 4.69) is 5.32 Å². The predicted molar refractivity (Wildman–Crippen MR) is 73.4 cm³/mol. The number of halogens is 2. The molecule has 2 aromatic carbocycles. The smallest absolute Gasteiger partial charge is 0.255 e. The molecule has 0 heterocycles. The van der Waals surface area contributed by atoms with Crippen molar-refractivity contribution in [1.82, 2.24) is 5.32 Å². The Labute approximate surface area is 115 Å². The normalized spacial score (nSPS) is 10.2. The largest absolute Gasteiger partial charge is 0.398 e. The van der Waals surface area contributed by atoms with Crippen molar-refractivity contribution in [1.29, 1.82) is 0 Å². The Bertz CT molecular complexity index is 596. The van der Waals surface area contributed by atoms with Gasteiger partial charge in [0.2, 0.25) is 0 Å². The van der Waals surface area contributed by atoms with Crippen LogP contribution in [0.15, 0.2) is 42.5 Å². The maximum absolute atomic E-state index is 13.4. The molecule has 3 N–H and O–H groups in total. The van der Waals surface area contributed by atoms with Gasteiger partial charge in [0.1, 0.15) is 5.82 Å². The van der Waals surface area contributed by atoms with Gasteiger partial charge in [-0.15, -0.1) is 0 Å². The molecule has 3 nitrogen and oxygen atoms in total. The van der Waals surface area contributed by atoms with E-state index in [-0.39, 0.29) is 22.9 Å². The van der Waals surface area contributed by atoms with Gasteiger partial charge in [0.05, 0.1) is 10.6 Å². The number of hydrogen-bond acceptors (Lipinski definition) is 2. The summed E-state index contributed by atoms with van der Waals surface area (Å²) in [6.07, 6.45) is 0. The second-order valence-corrected chi connectivity index (χ2v) is 4.39. The van der Waals surface area contributed by atoms with Gasteiger partial charge in [0.15, 0.2) is 0 Å². The summed E-state index contributed by atoms with van der Waals surface area (Å²) in [6.45, 7) is 0.0795. The Kier molecular flexibility index (Phi) is 4.02. The highest BCUT2D eigenvalue weighted by atomic mass is 35.5. The summed E-state index contributed by atoms with van der Waals surface area (Å²) in [6, 6.07) is 11.1. The minimum absolute atomic E-state index is 0.0795. The van der Waals surface area contributed by atoms with Crippen LogP contribution in [0.1, 0.15) is 15.9 Å². The van der Waals surface area contributed by atoms with Gasteiger partial charge in [-0.3, -0.25) is 4.79 Å². The number of hydrogen-bond donors (Lipinski definition) is 2. The molecule has 0 unspecified atom stereocenters. The number of carbonyl (C=O) groups is 1. The maximum Gasteiger partial charge on any atom is 0.255 e. The number of nitrogens with two attached hydrogens (primary N) is 1. The Balaban J connectivity index is 2.13. The topological polar surface area (TPSA) is 55.1 Å². The molecule has 0 bridgehead atoms. The first-order chi connectivity index (χ1) is 9.09. The number of carbonyl (C=O) groups excluding carboxylic acids is 1. The van der Waals surface area contributed by atoms with E-state index in [9.17, 15) is 9.18 Å². The van der Waals surface area contributed by atoms with Crippen LogP contribution in [0.3, 0.4) is 0 Å². The summed E-state index contributed by atoms with van der Waals surface area (Å²) >= 11 is 5.92. The SMILES string of the molecule is Nc1cccc(Cl)c1C(=O)NCc1ccccc1F. The zero-order valence-corrected chi connectivity index (χ0v) is 10.7. The quantitative estimate of drug-likeness (QED) is 0.848. The summed E-state index contributed by atoms with van der Waals surface area (Å²) in [5, 5.41) is 2.86. The predicted octanol–water partition coefficient (Wildman–Crippen LogP) is 2.99. The van der Waals surface area contributed by atoms with E-state index in [4.69, 9.17) is 17.3 Å². The minimum atomic E-state index is -0.425. The Hall–Kier alpha value is -2.07. The molecule has 5 heteroatoms. The van der Waals surface area contributed by atoms with E-state index in [1.54, 1.807) is 36.4 Å². The number of amides is 1. The van der Waals surface area contributed by atoms with Crippen molar-refractivity contribution in [2.45, 2.75) is 6.54 Å². The van der Waals surface area contributed by atoms with Gasteiger partial charge in [-0.05, 0) is 18.2 Å². The fourth-order valence-electron chi connectivity index (χ4n) is 1.69. The van der Waals surface area contributed by atoms with Crippen LogP contribution >= 0.6 is 11.6 Å². The van der Waals surface area contributed by atoms with Gasteiger partial charge in [-0.1, -0.05) is 35.9 Å². The van der Waals surface area contributed by atoms with Crippen LogP contribution < -0.4 is 11.1 Å². The average Bonchev–Trinajstić information content (AvgIpc) is 2.37. The maximum atomic E-state index is 13.4. The lowest BCUT2D eigenvalue weighted by Crippen LogP contribution is -2.24. The third-order valence-electron chi connectivity index (χ3n) is 2.67. The van der Waals surface area contributed by atoms with Gasteiger partial charge in [0, 0.05) is 17.8 Å². The molecule has 0 saturated heterocycles. The van der Waals surface area contributed by atoms with Crippen molar-refractivity contribution in [2.75, 3.05) is 5.73 Å². The first-order valence-corrected chi connectivity index (χ1v) is 6.03. The van der Waals surface area contributed by atoms with Gasteiger partial charge < -0.3 is 11.1 Å². The molecule has 0 aliphatic heterocycles. The van der Waals surface area contributed by atoms with Crippen LogP contribution in [0.4, 0.5) is 10.1 Å². The van der Waals surface area contributed by atoms with Crippen LogP contribution in [0.5, 0.6) is 0 Å². The molecule has 0 aliphatic carbocycles. The molecule has 0 spiro atoms. The van der Waals surface area contributed by atoms with E-state index in [0.717, 1.165) is 0 Å². The van der Waals surface area contributed by atoms with Gasteiger partial charge in [-0.25, -0.2) is 4.39 Å². The Morgan fingerprint density at radius 2 is 1.95 bits per heavy atom. The molecule has 0 saturated carbocycles. The summed E-state index contributed by atoms with van der Waals surface area (Å²) in [5.74, 6) is -0.790. The monoisotopic (exact) mass is 278 g/mol. The third-order valence-corrected chi connectivity index (χ3v) is 2.99. The second-order valence-electron chi connectivity index (χ2n) is 3.98. The molecule has 0 radical (unpaired) electrons. The molecule has 2 aromatic rings. The van der Waals surface area contributed by atoms with E-state index >= 15 is 0 Å². The molecule has 0 atom stereocenters. The molecule has 19 heavy (non-hydrogen) atoms. The van der Waals surface area contributed by atoms with Crippen LogP contribution in [-0.2, 0) is 6.54 Å². The van der Waals surface area contributed by atoms with Crippen LogP contribution in [0.25, 0.3) is 0 Å². The highest BCUT2D eigenvalue weighted by Gasteiger charge is 2.13. The molecule has 2 rings (SSSR count). The molecule has 1 amide bonds. The lowest BCUT2D eigenvalue weighted by molar-refractivity contribution is 0.0951. The average molecular weight is 279 g/mol. The van der Waals surface area contributed by atoms with Crippen molar-refractivity contribution in [2.24, 2.45) is 0 Å². The number of benzene rings is 2. The fourth-order valence-corrected chi connectivity index (χ4v) is 1.95. The summed E-state index contributed by atoms with van der Waals surface area (Å²) in [5.41, 5.74) is 6.61. The van der Waals surface area contributed by atoms with Gasteiger partial charge >= 0.3 is 0 Å². The molecule has 0 aromatic heterocycles. The summed E-state index contributed by atoms with van der Waals surface area (Å²) in [7, 11) is 0. The van der Waals surface area contributed by atoms with E-state index in [1.165, 1.54) is 6.07 Å². The molecular weight excluding hydrogens is 267 g/mol. The third kappa shape index (κ3) is 3.03. The van der Waals surface area contributed by atoms with Crippen molar-refractivity contribution in [3.63, 3.8) is 0 Å². The number of nitrogen functional groups attached to an aromatic ring is 1. The summed E-state index contributed by atoms with van der Waals surface area (Å²) in [4.78, 5) is 12.0. The molecule has 0 fully saturated rings. The zero-order chi connectivity index (χ0) is 13.8. The van der Waals surface area contributed by atoms with E-state index < -0.39 is 5.91 Å². The van der Waals surface area contributed by atoms with E-state index in [1.807, 2.05) is 0 Å². The van der Waals surface area contributed by atoms with E-state index in [0.29, 0.717) is 11.3 Å². The first kappa shape index (κ1) is 13.4. The fraction of sp³-hybridized carbons (Fsp3) is 0.0714. The van der Waals surface area contributed by atoms with Crippen molar-refractivity contribution >= 4 is 23.2 Å². The Morgan fingerprint density at radius 1 is 1.21 bits per heavy atom. The van der Waals surface area contributed by atoms with Gasteiger partial charge in [-0.2, -0.15) is 0 Å². The Morgan fingerprint density at radius 3 is 2.63 bits per heavy atom. The van der Waals surface area contributed by atoms with Crippen LogP contribution in [0.2, 0.25) is 5.02 Å². The van der Waals surface area contributed by atoms with Crippen molar-refractivity contribution in [3.05, 3.63) is 64.4 Å². The highest BCUT2D eigenvalue weighted by Crippen LogP contribution is 2.21. The van der Waals surface area contributed by atoms with Crippen molar-refractivity contribution < 1.29 is 9.18 Å². The highest BCUT2D eigenvalue weighted by molar-refractivity contribution is 6.34. The zero-order valence-electron chi connectivity index (χ0n) is 9.99. The lowest BCUT2D eigenvalue weighted by Gasteiger charge is -2.09. The van der Waals surface area contributed by atoms with Crippen molar-refractivity contribution in [3.8, 4) is 0 Å². The lowest BCUT2D eigenvalue weighted by atomic mass is 10.1. The summed E-state index contributed by atoms with van der Waals surface area (Å²) < 4.78 is 13.4. The van der Waals surface area contributed by atoms with Crippen LogP contribution in [-0.4, -0.2) is 5.91 Å². The van der Waals surface area contributed by atoms with Gasteiger partial charge in [0.25, 0.3) is 5.91 Å². The molecule has 98 valence electrons. The first-order valence-electron chi connectivity index (χ1n) is 5.65.